The van der Waals surface area contributed by atoms with Crippen LogP contribution in [0, 0.1) is 17.7 Å². The van der Waals surface area contributed by atoms with Crippen LogP contribution in [0.5, 0.6) is 0 Å². The van der Waals surface area contributed by atoms with Crippen molar-refractivity contribution in [1.82, 2.24) is 24.9 Å². The first-order valence-electron chi connectivity index (χ1n) is 13.2. The number of amides is 1. The van der Waals surface area contributed by atoms with Crippen molar-refractivity contribution in [2.24, 2.45) is 11.8 Å². The average Bonchev–Trinajstić information content (AvgIpc) is 3.32. The van der Waals surface area contributed by atoms with Crippen LogP contribution in [0.1, 0.15) is 68.7 Å². The molecule has 5 rings (SSSR count). The Morgan fingerprint density at radius 1 is 1.31 bits per heavy atom. The highest BCUT2D eigenvalue weighted by Crippen LogP contribution is 2.57. The van der Waals surface area contributed by atoms with Crippen LogP contribution >= 0.6 is 0 Å². The van der Waals surface area contributed by atoms with Gasteiger partial charge >= 0.3 is 12.1 Å². The van der Waals surface area contributed by atoms with Crippen molar-refractivity contribution in [3.63, 3.8) is 0 Å². The number of pyridine rings is 1. The summed E-state index contributed by atoms with van der Waals surface area (Å²) >= 11 is 0. The second-order valence-electron chi connectivity index (χ2n) is 11.0. The highest BCUT2D eigenvalue weighted by Gasteiger charge is 2.54. The number of ether oxygens (including phenoxy) is 2. The van der Waals surface area contributed by atoms with Gasteiger partial charge in [-0.25, -0.2) is 23.5 Å². The van der Waals surface area contributed by atoms with E-state index in [0.717, 1.165) is 18.5 Å². The van der Waals surface area contributed by atoms with Crippen molar-refractivity contribution >= 4 is 29.6 Å². The van der Waals surface area contributed by atoms with Crippen molar-refractivity contribution in [3.8, 4) is 0 Å². The quantitative estimate of drug-likeness (QED) is 0.438. The molecule has 0 spiro atoms. The summed E-state index contributed by atoms with van der Waals surface area (Å²) in [7, 11) is 0. The van der Waals surface area contributed by atoms with Gasteiger partial charge in [-0.15, -0.1) is 0 Å². The Bertz CT molecular complexity index is 1430. The summed E-state index contributed by atoms with van der Waals surface area (Å²) in [6.45, 7) is 10.00. The maximum atomic E-state index is 14.5. The lowest BCUT2D eigenvalue weighted by atomic mass is 9.99. The first-order chi connectivity index (χ1) is 18.5. The van der Waals surface area contributed by atoms with E-state index in [9.17, 15) is 14.0 Å². The summed E-state index contributed by atoms with van der Waals surface area (Å²) in [5, 5.41) is 7.00. The van der Waals surface area contributed by atoms with Gasteiger partial charge in [0, 0.05) is 24.3 Å². The van der Waals surface area contributed by atoms with E-state index in [0.29, 0.717) is 34.6 Å². The molecule has 10 nitrogen and oxygen atoms in total. The van der Waals surface area contributed by atoms with E-state index in [1.165, 1.54) is 18.5 Å². The summed E-state index contributed by atoms with van der Waals surface area (Å²) in [5.41, 5.74) is 1.47. The van der Waals surface area contributed by atoms with Crippen LogP contribution in [0.4, 0.5) is 15.0 Å². The Labute approximate surface area is 226 Å². The third-order valence-corrected chi connectivity index (χ3v) is 6.82. The van der Waals surface area contributed by atoms with Gasteiger partial charge in [-0.3, -0.25) is 4.98 Å². The number of nitrogens with one attached hydrogen (secondary N) is 1. The van der Waals surface area contributed by atoms with E-state index in [4.69, 9.17) is 14.5 Å². The van der Waals surface area contributed by atoms with Crippen molar-refractivity contribution in [2.45, 2.75) is 58.7 Å². The lowest BCUT2D eigenvalue weighted by molar-refractivity contribution is 0.0511. The van der Waals surface area contributed by atoms with Gasteiger partial charge in [-0.2, -0.15) is 5.10 Å². The molecule has 206 valence electrons. The molecule has 3 aromatic heterocycles. The monoisotopic (exact) mass is 536 g/mol. The van der Waals surface area contributed by atoms with Gasteiger partial charge in [0.05, 0.1) is 30.7 Å². The van der Waals surface area contributed by atoms with E-state index in [1.807, 2.05) is 13.0 Å². The topological polar surface area (TPSA) is 111 Å². The number of halogens is 1. The number of rotatable bonds is 7. The number of esters is 1. The van der Waals surface area contributed by atoms with Crippen LogP contribution in [0.15, 0.2) is 36.8 Å². The standard InChI is InChI=1S/C28H33FN6O4/c1-6-38-26(36)21-14-31-35-10-9-23(33-25(21)35)34-15-17-11-19(17)24(34)20-12-18(29)13-30-22(20)8-7-16(2)32-27(37)39-28(3,4)5/h7-10,12-14,16-17,19,24H,6,11,15H2,1-5H3,(H,32,37)/b8-7+/t16-,17?,19?,24?/m1/s1. The number of piperidine rings is 1. The summed E-state index contributed by atoms with van der Waals surface area (Å²) in [6.07, 6.45) is 8.54. The minimum Gasteiger partial charge on any atom is -0.462 e. The number of fused-ring (bicyclic) bond motifs is 2. The van der Waals surface area contributed by atoms with E-state index in [1.54, 1.807) is 50.6 Å². The molecule has 1 aliphatic carbocycles. The minimum atomic E-state index is -0.600. The summed E-state index contributed by atoms with van der Waals surface area (Å²) in [6, 6.07) is 2.90. The number of carbonyl (C=O) groups excluding carboxylic acids is 2. The molecule has 0 aromatic carbocycles. The Balaban J connectivity index is 1.43. The zero-order valence-electron chi connectivity index (χ0n) is 22.7. The maximum absolute atomic E-state index is 14.5. The predicted molar refractivity (Wildman–Crippen MR) is 143 cm³/mol. The van der Waals surface area contributed by atoms with Crippen molar-refractivity contribution < 1.29 is 23.5 Å². The van der Waals surface area contributed by atoms with Gasteiger partial charge in [-0.1, -0.05) is 6.08 Å². The molecule has 1 aliphatic heterocycles. The number of alkyl carbamates (subject to hydrolysis) is 1. The van der Waals surface area contributed by atoms with Crippen LogP contribution < -0.4 is 10.2 Å². The van der Waals surface area contributed by atoms with Gasteiger partial charge in [-0.05, 0) is 71.1 Å². The van der Waals surface area contributed by atoms with E-state index in [2.05, 4.69) is 20.3 Å². The number of hydrogen-bond acceptors (Lipinski definition) is 8. The smallest absolute Gasteiger partial charge is 0.408 e. The number of nitrogens with zero attached hydrogens (tertiary/aromatic N) is 5. The maximum Gasteiger partial charge on any atom is 0.408 e. The van der Waals surface area contributed by atoms with Crippen LogP contribution in [0.2, 0.25) is 0 Å². The highest BCUT2D eigenvalue weighted by atomic mass is 19.1. The molecule has 11 heteroatoms. The molecule has 4 atom stereocenters. The molecule has 0 radical (unpaired) electrons. The van der Waals surface area contributed by atoms with Crippen LogP contribution in [0.25, 0.3) is 11.7 Å². The largest absolute Gasteiger partial charge is 0.462 e. The SMILES string of the molecule is CCOC(=O)c1cnn2ccc(N3CC4CC4C3c3cc(F)cnc3/C=C/[C@@H](C)NC(=O)OC(C)(C)C)nc12. The summed E-state index contributed by atoms with van der Waals surface area (Å²) in [4.78, 5) is 35.9. The van der Waals surface area contributed by atoms with Crippen molar-refractivity contribution in [3.05, 3.63) is 59.4 Å². The van der Waals surface area contributed by atoms with E-state index in [-0.39, 0.29) is 18.7 Å². The van der Waals surface area contributed by atoms with E-state index >= 15 is 0 Å². The third kappa shape index (κ3) is 5.71. The molecular weight excluding hydrogens is 503 g/mol. The molecular formula is C28H33FN6O4. The molecule has 1 amide bonds. The fraction of sp³-hybridized carbons (Fsp3) is 0.464. The zero-order valence-corrected chi connectivity index (χ0v) is 22.7. The van der Waals surface area contributed by atoms with Gasteiger partial charge in [0.1, 0.15) is 22.8 Å². The van der Waals surface area contributed by atoms with Crippen molar-refractivity contribution in [1.29, 1.82) is 0 Å². The van der Waals surface area contributed by atoms with E-state index < -0.39 is 23.5 Å². The summed E-state index contributed by atoms with van der Waals surface area (Å²) in [5.74, 6) is 0.578. The minimum absolute atomic E-state index is 0.143. The molecule has 1 saturated carbocycles. The molecule has 2 fully saturated rings. The number of carbonyl (C=O) groups is 2. The first kappa shape index (κ1) is 26.6. The Hall–Kier alpha value is -4.02. The van der Waals surface area contributed by atoms with Crippen LogP contribution in [0.3, 0.4) is 0 Å². The van der Waals surface area contributed by atoms with Crippen molar-refractivity contribution in [2.75, 3.05) is 18.1 Å². The number of anilines is 1. The molecule has 0 bridgehead atoms. The lowest BCUT2D eigenvalue weighted by Gasteiger charge is -2.30. The number of aromatic nitrogens is 4. The lowest BCUT2D eigenvalue weighted by Crippen LogP contribution is -2.36. The highest BCUT2D eigenvalue weighted by molar-refractivity contribution is 5.95. The predicted octanol–water partition coefficient (Wildman–Crippen LogP) is 4.56. The van der Waals surface area contributed by atoms with Gasteiger partial charge in [0.25, 0.3) is 0 Å². The Kier molecular flexibility index (Phi) is 7.00. The summed E-state index contributed by atoms with van der Waals surface area (Å²) < 4.78 is 26.5. The molecule has 2 aliphatic rings. The fourth-order valence-electron chi connectivity index (χ4n) is 5.09. The second kappa shape index (κ2) is 10.3. The molecule has 4 heterocycles. The third-order valence-electron chi connectivity index (χ3n) is 6.82. The van der Waals surface area contributed by atoms with Gasteiger partial charge < -0.3 is 19.7 Å². The first-order valence-corrected chi connectivity index (χ1v) is 13.2. The Morgan fingerprint density at radius 3 is 2.85 bits per heavy atom. The average molecular weight is 537 g/mol. The number of hydrogen-bond donors (Lipinski definition) is 1. The molecule has 1 saturated heterocycles. The second-order valence-corrected chi connectivity index (χ2v) is 11.0. The van der Waals surface area contributed by atoms with Crippen LogP contribution in [-0.2, 0) is 9.47 Å². The molecule has 3 unspecified atom stereocenters. The van der Waals surface area contributed by atoms with Crippen LogP contribution in [-0.4, -0.2) is 56.4 Å². The normalized spacial score (nSPS) is 21.2. The van der Waals surface area contributed by atoms with Gasteiger partial charge in [0.2, 0.25) is 0 Å². The molecule has 3 aromatic rings. The zero-order chi connectivity index (χ0) is 27.9. The molecule has 1 N–H and O–H groups in total. The molecule has 39 heavy (non-hydrogen) atoms. The fourth-order valence-corrected chi connectivity index (χ4v) is 5.09. The Morgan fingerprint density at radius 2 is 2.10 bits per heavy atom. The van der Waals surface area contributed by atoms with Gasteiger partial charge in [0.15, 0.2) is 5.65 Å².